The number of nitrogens with zero attached hydrogens (tertiary/aromatic N) is 2. The highest BCUT2D eigenvalue weighted by Crippen LogP contribution is 2.40. The van der Waals surface area contributed by atoms with Gasteiger partial charge in [-0.1, -0.05) is 0 Å². The maximum absolute atomic E-state index is 12.4. The molecular formula is C13H19N3O4S. The van der Waals surface area contributed by atoms with Gasteiger partial charge in [0.1, 0.15) is 16.4 Å². The molecule has 116 valence electrons. The predicted molar refractivity (Wildman–Crippen MR) is 78.7 cm³/mol. The lowest BCUT2D eigenvalue weighted by Gasteiger charge is -2.31. The zero-order valence-electron chi connectivity index (χ0n) is 12.1. The van der Waals surface area contributed by atoms with E-state index in [1.165, 1.54) is 7.05 Å². The van der Waals surface area contributed by atoms with E-state index in [-0.39, 0.29) is 18.2 Å². The summed E-state index contributed by atoms with van der Waals surface area (Å²) >= 11 is 0. The van der Waals surface area contributed by atoms with E-state index in [9.17, 15) is 18.0 Å². The van der Waals surface area contributed by atoms with E-state index in [2.05, 4.69) is 4.99 Å². The minimum Gasteiger partial charge on any atom is -0.364 e. The Labute approximate surface area is 124 Å². The Kier molecular flexibility index (Phi) is 4.18. The van der Waals surface area contributed by atoms with Crippen LogP contribution in [0, 0.1) is 0 Å². The van der Waals surface area contributed by atoms with Crippen LogP contribution in [0.25, 0.3) is 0 Å². The number of hydrogen-bond acceptors (Lipinski definition) is 5. The van der Waals surface area contributed by atoms with Gasteiger partial charge >= 0.3 is 0 Å². The van der Waals surface area contributed by atoms with Crippen LogP contribution in [0.5, 0.6) is 0 Å². The Morgan fingerprint density at radius 2 is 2.05 bits per heavy atom. The number of hydrogen-bond donors (Lipinski definition) is 2. The van der Waals surface area contributed by atoms with E-state index in [0.29, 0.717) is 37.0 Å². The number of primary amides is 1. The standard InChI is InChI=1S/C13H19N3O4S/c1-8-9(10(15-2)11(14)17)3-6-16(12(8)18)7-13(4-5-13)21(19)20/h21H,3-7H2,1-2H3,(H2,14,17)/b15-10+. The topological polar surface area (TPSA) is 110 Å². The third kappa shape index (κ3) is 2.85. The normalized spacial score (nSPS) is 22.0. The summed E-state index contributed by atoms with van der Waals surface area (Å²) in [7, 11) is -1.08. The fourth-order valence-electron chi connectivity index (χ4n) is 2.64. The van der Waals surface area contributed by atoms with Gasteiger partial charge in [-0.25, -0.2) is 8.42 Å². The molecule has 2 aliphatic rings. The van der Waals surface area contributed by atoms with Crippen LogP contribution in [-0.4, -0.2) is 55.7 Å². The lowest BCUT2D eigenvalue weighted by Crippen LogP contribution is -2.44. The molecule has 2 N–H and O–H groups in total. The van der Waals surface area contributed by atoms with E-state index in [4.69, 9.17) is 5.73 Å². The number of amides is 2. The van der Waals surface area contributed by atoms with Crippen molar-refractivity contribution in [1.82, 2.24) is 4.90 Å². The molecule has 0 aromatic heterocycles. The predicted octanol–water partition coefficient (Wildman–Crippen LogP) is -0.765. The molecule has 2 rings (SSSR count). The third-order valence-electron chi connectivity index (χ3n) is 4.13. The van der Waals surface area contributed by atoms with E-state index < -0.39 is 21.4 Å². The zero-order chi connectivity index (χ0) is 15.8. The first-order chi connectivity index (χ1) is 9.82. The number of carbonyl (C=O) groups excluding carboxylic acids is 2. The van der Waals surface area contributed by atoms with Crippen LogP contribution in [0.4, 0.5) is 0 Å². The largest absolute Gasteiger partial charge is 0.364 e. The van der Waals surface area contributed by atoms with Crippen LogP contribution >= 0.6 is 0 Å². The summed E-state index contributed by atoms with van der Waals surface area (Å²) in [6.07, 6.45) is 1.67. The molecule has 8 heteroatoms. The fraction of sp³-hybridized carbons (Fsp3) is 0.615. The van der Waals surface area contributed by atoms with Crippen LogP contribution in [-0.2, 0) is 20.3 Å². The number of aliphatic imine (C=N–C) groups is 1. The lowest BCUT2D eigenvalue weighted by molar-refractivity contribution is -0.127. The van der Waals surface area contributed by atoms with Gasteiger partial charge in [0.2, 0.25) is 5.91 Å². The molecule has 1 saturated carbocycles. The number of carbonyl (C=O) groups is 2. The molecule has 1 aliphatic heterocycles. The van der Waals surface area contributed by atoms with Crippen LogP contribution < -0.4 is 5.73 Å². The SMILES string of the molecule is C/N=C(/C(N)=O)C1=C(C)C(=O)N(CC2([SH](=O)=O)CC2)CC1. The smallest absolute Gasteiger partial charge is 0.267 e. The molecule has 0 aromatic rings. The minimum atomic E-state index is -2.54. The summed E-state index contributed by atoms with van der Waals surface area (Å²) in [5.41, 5.74) is 6.36. The highest BCUT2D eigenvalue weighted by atomic mass is 32.2. The van der Waals surface area contributed by atoms with Crippen molar-refractivity contribution in [2.24, 2.45) is 10.7 Å². The summed E-state index contributed by atoms with van der Waals surface area (Å²) in [6.45, 7) is 2.22. The number of nitrogens with two attached hydrogens (primary N) is 1. The maximum atomic E-state index is 12.4. The average Bonchev–Trinajstić information content (AvgIpc) is 3.19. The Balaban J connectivity index is 2.22. The molecule has 0 bridgehead atoms. The minimum absolute atomic E-state index is 0.122. The van der Waals surface area contributed by atoms with Gasteiger partial charge in [0, 0.05) is 25.7 Å². The summed E-state index contributed by atoms with van der Waals surface area (Å²) in [6, 6.07) is 0. The van der Waals surface area contributed by atoms with Gasteiger partial charge in [0.05, 0.1) is 4.75 Å². The monoisotopic (exact) mass is 313 g/mol. The molecule has 1 aliphatic carbocycles. The first kappa shape index (κ1) is 15.7. The van der Waals surface area contributed by atoms with Gasteiger partial charge in [0.25, 0.3) is 5.91 Å². The van der Waals surface area contributed by atoms with Crippen molar-refractivity contribution in [1.29, 1.82) is 0 Å². The van der Waals surface area contributed by atoms with Crippen LogP contribution in [0.2, 0.25) is 0 Å². The van der Waals surface area contributed by atoms with Crippen molar-refractivity contribution in [2.75, 3.05) is 20.1 Å². The number of rotatable bonds is 5. The van der Waals surface area contributed by atoms with Crippen molar-refractivity contribution < 1.29 is 18.0 Å². The van der Waals surface area contributed by atoms with Gasteiger partial charge in [-0.05, 0) is 31.8 Å². The molecule has 0 unspecified atom stereocenters. The number of thiol groups is 1. The Morgan fingerprint density at radius 1 is 1.43 bits per heavy atom. The maximum Gasteiger partial charge on any atom is 0.267 e. The second kappa shape index (κ2) is 5.59. The highest BCUT2D eigenvalue weighted by molar-refractivity contribution is 7.74. The molecule has 1 fully saturated rings. The van der Waals surface area contributed by atoms with E-state index in [0.717, 1.165) is 0 Å². The molecule has 0 spiro atoms. The fourth-order valence-corrected chi connectivity index (χ4v) is 3.40. The summed E-state index contributed by atoms with van der Waals surface area (Å²) in [4.78, 5) is 29.1. The second-order valence-electron chi connectivity index (χ2n) is 5.50. The zero-order valence-corrected chi connectivity index (χ0v) is 13.0. The Morgan fingerprint density at radius 3 is 2.48 bits per heavy atom. The molecule has 21 heavy (non-hydrogen) atoms. The lowest BCUT2D eigenvalue weighted by atomic mass is 9.95. The first-order valence-electron chi connectivity index (χ1n) is 6.73. The van der Waals surface area contributed by atoms with Gasteiger partial charge in [-0.15, -0.1) is 0 Å². The molecule has 2 amide bonds. The van der Waals surface area contributed by atoms with E-state index in [1.54, 1.807) is 11.8 Å². The van der Waals surface area contributed by atoms with Gasteiger partial charge < -0.3 is 10.6 Å². The highest BCUT2D eigenvalue weighted by Gasteiger charge is 2.49. The average molecular weight is 313 g/mol. The second-order valence-corrected chi connectivity index (χ2v) is 6.96. The van der Waals surface area contributed by atoms with E-state index in [1.807, 2.05) is 0 Å². The van der Waals surface area contributed by atoms with Crippen LogP contribution in [0.1, 0.15) is 26.2 Å². The van der Waals surface area contributed by atoms with Crippen molar-refractivity contribution >= 4 is 28.2 Å². The Bertz CT molecular complexity index is 621. The molecule has 1 heterocycles. The molecule has 7 nitrogen and oxygen atoms in total. The van der Waals surface area contributed by atoms with Crippen molar-refractivity contribution in [2.45, 2.75) is 30.9 Å². The summed E-state index contributed by atoms with van der Waals surface area (Å²) < 4.78 is 21.8. The molecule has 0 saturated heterocycles. The Hall–Kier alpha value is -1.70. The third-order valence-corrected chi connectivity index (χ3v) is 5.50. The van der Waals surface area contributed by atoms with Crippen LogP contribution in [0.3, 0.4) is 0 Å². The van der Waals surface area contributed by atoms with Crippen molar-refractivity contribution in [3.8, 4) is 0 Å². The van der Waals surface area contributed by atoms with Gasteiger partial charge in [-0.2, -0.15) is 0 Å². The first-order valence-corrected chi connectivity index (χ1v) is 7.90. The van der Waals surface area contributed by atoms with Gasteiger partial charge in [-0.3, -0.25) is 14.6 Å². The molecule has 0 radical (unpaired) electrons. The summed E-state index contributed by atoms with van der Waals surface area (Å²) in [5.74, 6) is -0.906. The molecule has 0 aromatic carbocycles. The molecular weight excluding hydrogens is 294 g/mol. The van der Waals surface area contributed by atoms with Crippen molar-refractivity contribution in [3.63, 3.8) is 0 Å². The van der Waals surface area contributed by atoms with Crippen molar-refractivity contribution in [3.05, 3.63) is 11.1 Å². The molecule has 0 atom stereocenters. The van der Waals surface area contributed by atoms with Gasteiger partial charge in [0.15, 0.2) is 0 Å². The summed E-state index contributed by atoms with van der Waals surface area (Å²) in [5, 5.41) is 0. The van der Waals surface area contributed by atoms with E-state index >= 15 is 0 Å². The van der Waals surface area contributed by atoms with Crippen LogP contribution in [0.15, 0.2) is 16.1 Å². The quantitative estimate of drug-likeness (QED) is 0.513.